The van der Waals surface area contributed by atoms with E-state index in [0.29, 0.717) is 22.6 Å². The number of phenols is 2. The minimum absolute atomic E-state index is 0. The van der Waals surface area contributed by atoms with Gasteiger partial charge >= 0.3 is 0 Å². The van der Waals surface area contributed by atoms with E-state index in [2.05, 4.69) is 110 Å². The van der Waals surface area contributed by atoms with Crippen LogP contribution in [0, 0.1) is 0 Å². The van der Waals surface area contributed by atoms with Gasteiger partial charge < -0.3 is 10.2 Å². The summed E-state index contributed by atoms with van der Waals surface area (Å²) in [5.41, 5.74) is 7.78. The Morgan fingerprint density at radius 1 is 0.424 bits per heavy atom. The number of hydrogen-bond donors (Lipinski definition) is 8. The van der Waals surface area contributed by atoms with Gasteiger partial charge in [0, 0.05) is 117 Å². The molecule has 0 aliphatic carbocycles. The molecule has 0 unspecified atom stereocenters. The van der Waals surface area contributed by atoms with Crippen molar-refractivity contribution in [1.82, 2.24) is 30.7 Å². The van der Waals surface area contributed by atoms with Crippen molar-refractivity contribution < 1.29 is 75.0 Å². The zero-order valence-electron chi connectivity index (χ0n) is 34.6. The van der Waals surface area contributed by atoms with Crippen LogP contribution in [0.25, 0.3) is 43.6 Å². The number of fused-ring (bicyclic) bond motifs is 6. The molecule has 0 saturated carbocycles. The van der Waals surface area contributed by atoms with Gasteiger partial charge in [-0.2, -0.15) is 0 Å². The fourth-order valence-electron chi connectivity index (χ4n) is 6.12. The van der Waals surface area contributed by atoms with Crippen LogP contribution in [0.15, 0.2) is 177 Å². The molecule has 8 N–H and O–H groups in total. The topological polar surface area (TPSA) is 245 Å². The summed E-state index contributed by atoms with van der Waals surface area (Å²) in [6.07, 6.45) is 7.21. The molecule has 9 rings (SSSR count). The zero-order chi connectivity index (χ0) is 46.2. The minimum Gasteiger partial charge on any atom is -0.507 e. The number of aliphatic imine (C=N–C) groups is 2. The summed E-state index contributed by atoms with van der Waals surface area (Å²) >= 11 is 6.86. The van der Waals surface area contributed by atoms with Crippen molar-refractivity contribution in [3.63, 3.8) is 0 Å². The molecular weight excluding hydrogens is 1070 g/mol. The second-order valence-electron chi connectivity index (χ2n) is 13.2. The van der Waals surface area contributed by atoms with E-state index in [1.54, 1.807) is 30.9 Å². The Kier molecular flexibility index (Phi) is 22.4. The predicted octanol–water partition coefficient (Wildman–Crippen LogP) is 11.4. The van der Waals surface area contributed by atoms with Gasteiger partial charge in [-0.05, 0) is 80.6 Å². The Morgan fingerprint density at radius 3 is 0.985 bits per heavy atom. The quantitative estimate of drug-likeness (QED) is 0.0464. The first kappa shape index (κ1) is 54.7. The van der Waals surface area contributed by atoms with Crippen molar-refractivity contribution in [2.24, 2.45) is 9.98 Å². The second kappa shape index (κ2) is 27.1. The number of hydrogen-bond acceptors (Lipinski definition) is 16. The van der Waals surface area contributed by atoms with Gasteiger partial charge in [-0.1, -0.05) is 92.5 Å². The standard InChI is InChI=1S/C22H18Br2N2O2.2C12H8N2.2Co.2H3NO3/c1-13(25-17-7-3-5-15(23)9-17)19-11-20(22(28)12-21(19)27)14(2)26-18-8-4-6-16(24)10-18;2*1-3-9-5-6-10-4-2-8-14-12(10)11(9)13-7-1;;;2*2-1(3)4/h3-12,27-28H,1-2H3;2*1-8H;;;2*2-4H. The summed E-state index contributed by atoms with van der Waals surface area (Å²) < 4.78 is 1.85. The van der Waals surface area contributed by atoms with Crippen LogP contribution in [0.4, 0.5) is 11.4 Å². The van der Waals surface area contributed by atoms with Gasteiger partial charge in [-0.25, -0.2) is 0 Å². The molecule has 16 nitrogen and oxygen atoms in total. The number of halogens is 2. The molecule has 0 bridgehead atoms. The van der Waals surface area contributed by atoms with Gasteiger partial charge in [0.1, 0.15) is 11.5 Å². The maximum atomic E-state index is 10.3. The third-order valence-corrected chi connectivity index (χ3v) is 9.78. The van der Waals surface area contributed by atoms with Crippen LogP contribution >= 0.6 is 31.9 Å². The summed E-state index contributed by atoms with van der Waals surface area (Å²) in [6, 6.07) is 42.5. The molecule has 9 aromatic rings. The molecule has 2 radical (unpaired) electrons. The number of aromatic hydroxyl groups is 2. The molecule has 4 aromatic heterocycles. The molecule has 4 heterocycles. The number of rotatable bonds is 4. The molecule has 344 valence electrons. The molecule has 66 heavy (non-hydrogen) atoms. The van der Waals surface area contributed by atoms with Crippen molar-refractivity contribution >= 4 is 98.3 Å². The Balaban J connectivity index is 0.000000255. The van der Waals surface area contributed by atoms with E-state index in [0.717, 1.165) is 63.9 Å². The van der Waals surface area contributed by atoms with Crippen molar-refractivity contribution in [2.75, 3.05) is 0 Å². The van der Waals surface area contributed by atoms with Crippen LogP contribution in [0.3, 0.4) is 0 Å². The average Bonchev–Trinajstić information content (AvgIpc) is 3.26. The third-order valence-electron chi connectivity index (χ3n) is 8.79. The summed E-state index contributed by atoms with van der Waals surface area (Å²) in [5, 5.41) is 65.2. The first-order valence-electron chi connectivity index (χ1n) is 18.8. The van der Waals surface area contributed by atoms with Gasteiger partial charge in [-0.15, -0.1) is 0 Å². The molecule has 20 heteroatoms. The number of nitrogens with zero attached hydrogens (tertiary/aromatic N) is 8. The molecule has 5 aromatic carbocycles. The van der Waals surface area contributed by atoms with Gasteiger partial charge in [0.2, 0.25) is 0 Å². The molecule has 0 aliphatic rings. The molecule has 0 atom stereocenters. The fourth-order valence-corrected chi connectivity index (χ4v) is 6.89. The van der Waals surface area contributed by atoms with Crippen LogP contribution < -0.4 is 0 Å². The normalized spacial score (nSPS) is 10.9. The number of benzene rings is 5. The van der Waals surface area contributed by atoms with Crippen LogP contribution in [-0.4, -0.2) is 83.6 Å². The smallest absolute Gasteiger partial charge is 0.128 e. The Morgan fingerprint density at radius 2 is 0.712 bits per heavy atom. The minimum atomic E-state index is -1.00. The Bertz CT molecular complexity index is 2750. The Labute approximate surface area is 415 Å². The number of aromatic nitrogens is 4. The van der Waals surface area contributed by atoms with Gasteiger partial charge in [0.15, 0.2) is 0 Å². The Hall–Kier alpha value is -5.67. The van der Waals surface area contributed by atoms with E-state index in [9.17, 15) is 10.2 Å². The average molecular weight is 1110 g/mol. The number of phenolic OH excluding ortho intramolecular Hbond substituents is 2. The van der Waals surface area contributed by atoms with Gasteiger partial charge in [0.05, 0.1) is 44.2 Å². The van der Waals surface area contributed by atoms with E-state index in [1.165, 1.54) is 6.07 Å². The maximum Gasteiger partial charge on any atom is 0.128 e. The van der Waals surface area contributed by atoms with Crippen LogP contribution in [0.1, 0.15) is 25.0 Å². The third kappa shape index (κ3) is 16.3. The predicted molar refractivity (Wildman–Crippen MR) is 250 cm³/mol. The van der Waals surface area contributed by atoms with E-state index in [-0.39, 0.29) is 45.1 Å². The summed E-state index contributed by atoms with van der Waals surface area (Å²) in [4.78, 5) is 26.5. The van der Waals surface area contributed by atoms with E-state index in [4.69, 9.17) is 31.2 Å². The van der Waals surface area contributed by atoms with Crippen molar-refractivity contribution in [3.8, 4) is 11.5 Å². The van der Waals surface area contributed by atoms with Crippen molar-refractivity contribution in [3.05, 3.63) is 178 Å². The van der Waals surface area contributed by atoms with Gasteiger partial charge in [0.25, 0.3) is 0 Å². The largest absolute Gasteiger partial charge is 0.507 e. The summed E-state index contributed by atoms with van der Waals surface area (Å²) in [7, 11) is 0. The van der Waals surface area contributed by atoms with Gasteiger partial charge in [-0.3, -0.25) is 61.2 Å². The first-order chi connectivity index (χ1) is 30.7. The molecule has 0 fully saturated rings. The first-order valence-corrected chi connectivity index (χ1v) is 20.4. The zero-order valence-corrected chi connectivity index (χ0v) is 39.8. The van der Waals surface area contributed by atoms with Crippen molar-refractivity contribution in [1.29, 1.82) is 0 Å². The summed E-state index contributed by atoms with van der Waals surface area (Å²) in [6.45, 7) is 3.63. The molecule has 0 spiro atoms. The number of pyridine rings is 4. The molecule has 0 amide bonds. The van der Waals surface area contributed by atoms with Crippen molar-refractivity contribution in [2.45, 2.75) is 13.8 Å². The maximum absolute atomic E-state index is 10.3. The summed E-state index contributed by atoms with van der Waals surface area (Å²) in [5.74, 6) is -0.0690. The van der Waals surface area contributed by atoms with E-state index < -0.39 is 10.8 Å². The fraction of sp³-hybridized carbons (Fsp3) is 0.0435. The monoisotopic (exact) mass is 1110 g/mol. The van der Waals surface area contributed by atoms with E-state index in [1.807, 2.05) is 86.6 Å². The second-order valence-corrected chi connectivity index (χ2v) is 15.0. The molecular formula is C46H40Br2Co2N8O8. The molecule has 0 aliphatic heterocycles. The van der Waals surface area contributed by atoms with Crippen LogP contribution in [0.2, 0.25) is 0 Å². The molecule has 0 saturated heterocycles. The SMILES string of the molecule is CC(=Nc1cccc(Br)c1)c1cc(C(C)=Nc2cccc(Br)c2)c(O)cc1O.ON(O)O.ON(O)O.[Co].[Co].c1cnc2c(c1)ccc1cccnc12.c1cnc2c(c1)ccc1cccnc12. The van der Waals surface area contributed by atoms with Crippen LogP contribution in [0.5, 0.6) is 11.5 Å². The van der Waals surface area contributed by atoms with E-state index >= 15 is 0 Å². The van der Waals surface area contributed by atoms with Crippen LogP contribution in [-0.2, 0) is 33.6 Å².